The fraction of sp³-hybridized carbons (Fsp3) is 0.429. The summed E-state index contributed by atoms with van der Waals surface area (Å²) in [6, 6.07) is 10.8. The first kappa shape index (κ1) is 22.3. The summed E-state index contributed by atoms with van der Waals surface area (Å²) in [5.74, 6) is -0.299. The van der Waals surface area contributed by atoms with Gasteiger partial charge in [0.05, 0.1) is 32.1 Å². The number of aromatic nitrogens is 1. The van der Waals surface area contributed by atoms with Crippen LogP contribution in [0.3, 0.4) is 0 Å². The van der Waals surface area contributed by atoms with Crippen molar-refractivity contribution in [3.05, 3.63) is 53.9 Å². The van der Waals surface area contributed by atoms with Crippen molar-refractivity contribution >= 4 is 30.0 Å². The van der Waals surface area contributed by atoms with Crippen molar-refractivity contribution in [1.82, 2.24) is 19.0 Å². The number of ether oxygens (including phenoxy) is 2. The number of benzene rings is 1. The number of carbonyl (C=O) groups excluding carboxylic acids is 2. The van der Waals surface area contributed by atoms with Crippen molar-refractivity contribution in [2.24, 2.45) is 0 Å². The standard InChI is InChI=1S/C21H27N4O4PS/c1-17(26)18-5-2-3-6-19(18)25-8-4-7-20(25)21(27)22-30(31,23-9-13-28-14-10-23)24-11-15-29-16-12-24/h2-8H,9-16H2,1H3,(H,22,27,31). The summed E-state index contributed by atoms with van der Waals surface area (Å²) in [6.07, 6.45) is 1.80. The van der Waals surface area contributed by atoms with Crippen LogP contribution < -0.4 is 5.09 Å². The van der Waals surface area contributed by atoms with Gasteiger partial charge in [0.2, 0.25) is 0 Å². The summed E-state index contributed by atoms with van der Waals surface area (Å²) >= 11 is 6.18. The number of hydrogen-bond donors (Lipinski definition) is 1. The molecule has 8 nitrogen and oxygen atoms in total. The molecule has 2 aliphatic rings. The number of carbonyl (C=O) groups is 2. The Labute approximate surface area is 187 Å². The monoisotopic (exact) mass is 462 g/mol. The number of rotatable bonds is 6. The highest BCUT2D eigenvalue weighted by Crippen LogP contribution is 2.50. The van der Waals surface area contributed by atoms with E-state index in [-0.39, 0.29) is 11.7 Å². The van der Waals surface area contributed by atoms with Gasteiger partial charge in [-0.15, -0.1) is 0 Å². The van der Waals surface area contributed by atoms with E-state index in [9.17, 15) is 9.59 Å². The van der Waals surface area contributed by atoms with E-state index in [0.717, 1.165) is 0 Å². The second-order valence-electron chi connectivity index (χ2n) is 7.45. The fourth-order valence-electron chi connectivity index (χ4n) is 3.92. The van der Waals surface area contributed by atoms with Gasteiger partial charge in [-0.05, 0) is 43.0 Å². The van der Waals surface area contributed by atoms with Crippen molar-refractivity contribution in [2.45, 2.75) is 6.92 Å². The molecule has 0 unspecified atom stereocenters. The SMILES string of the molecule is CC(=O)c1ccccc1-n1cccc1C(=O)NP(=S)(N1CCOCC1)N1CCOCC1. The average Bonchev–Trinajstić information content (AvgIpc) is 3.30. The highest BCUT2D eigenvalue weighted by Gasteiger charge is 2.37. The second-order valence-corrected chi connectivity index (χ2v) is 11.4. The van der Waals surface area contributed by atoms with Crippen LogP contribution in [0, 0.1) is 0 Å². The van der Waals surface area contributed by atoms with Gasteiger partial charge in [0.25, 0.3) is 5.91 Å². The van der Waals surface area contributed by atoms with E-state index < -0.39 is 6.49 Å². The minimum atomic E-state index is -2.55. The van der Waals surface area contributed by atoms with Crippen molar-refractivity contribution in [1.29, 1.82) is 0 Å². The maximum absolute atomic E-state index is 13.5. The second kappa shape index (κ2) is 9.73. The maximum Gasteiger partial charge on any atom is 0.273 e. The molecule has 0 radical (unpaired) electrons. The van der Waals surface area contributed by atoms with Gasteiger partial charge in [0.1, 0.15) is 5.69 Å². The maximum atomic E-state index is 13.5. The zero-order valence-electron chi connectivity index (χ0n) is 17.5. The topological polar surface area (TPSA) is 76.0 Å². The molecule has 0 aliphatic carbocycles. The Morgan fingerprint density at radius 1 is 0.935 bits per heavy atom. The molecule has 0 spiro atoms. The van der Waals surface area contributed by atoms with E-state index in [1.165, 1.54) is 6.92 Å². The van der Waals surface area contributed by atoms with Gasteiger partial charge in [-0.2, -0.15) is 0 Å². The quantitative estimate of drug-likeness (QED) is 0.522. The molecule has 0 saturated carbocycles. The van der Waals surface area contributed by atoms with Crippen LogP contribution in [-0.2, 0) is 21.3 Å². The van der Waals surface area contributed by atoms with Gasteiger partial charge in [0.15, 0.2) is 12.3 Å². The Morgan fingerprint density at radius 3 is 2.10 bits per heavy atom. The van der Waals surface area contributed by atoms with E-state index in [1.807, 2.05) is 18.2 Å². The highest BCUT2D eigenvalue weighted by atomic mass is 32.4. The molecule has 0 bridgehead atoms. The van der Waals surface area contributed by atoms with Crippen molar-refractivity contribution in [3.63, 3.8) is 0 Å². The van der Waals surface area contributed by atoms with Gasteiger partial charge < -0.3 is 14.0 Å². The van der Waals surface area contributed by atoms with E-state index in [4.69, 9.17) is 21.3 Å². The van der Waals surface area contributed by atoms with E-state index in [2.05, 4.69) is 14.4 Å². The molecule has 1 aromatic heterocycles. The molecule has 0 atom stereocenters. The van der Waals surface area contributed by atoms with E-state index >= 15 is 0 Å². The summed E-state index contributed by atoms with van der Waals surface area (Å²) < 4.78 is 17.1. The number of Topliss-reactive ketones (excluding diaryl/α,β-unsaturated/α-hetero) is 1. The lowest BCUT2D eigenvalue weighted by Gasteiger charge is -2.45. The highest BCUT2D eigenvalue weighted by molar-refractivity contribution is 8.11. The lowest BCUT2D eigenvalue weighted by atomic mass is 10.1. The lowest BCUT2D eigenvalue weighted by molar-refractivity contribution is 0.0563. The molecule has 31 heavy (non-hydrogen) atoms. The molecular formula is C21H27N4O4PS. The zero-order valence-corrected chi connectivity index (χ0v) is 19.2. The molecule has 10 heteroatoms. The van der Waals surface area contributed by atoms with Crippen LogP contribution in [0.1, 0.15) is 27.8 Å². The molecule has 4 rings (SSSR count). The van der Waals surface area contributed by atoms with Gasteiger partial charge >= 0.3 is 0 Å². The molecule has 2 aliphatic heterocycles. The Balaban J connectivity index is 1.66. The predicted molar refractivity (Wildman–Crippen MR) is 122 cm³/mol. The van der Waals surface area contributed by atoms with Crippen LogP contribution in [0.25, 0.3) is 5.69 Å². The molecule has 1 amide bonds. The number of nitrogens with zero attached hydrogens (tertiary/aromatic N) is 3. The first-order chi connectivity index (χ1) is 15.0. The molecule has 2 fully saturated rings. The average molecular weight is 463 g/mol. The molecule has 1 aromatic carbocycles. The molecule has 3 heterocycles. The van der Waals surface area contributed by atoms with Gasteiger partial charge in [0, 0.05) is 37.9 Å². The van der Waals surface area contributed by atoms with E-state index in [1.54, 1.807) is 29.0 Å². The van der Waals surface area contributed by atoms with Crippen molar-refractivity contribution in [3.8, 4) is 5.69 Å². The summed E-state index contributed by atoms with van der Waals surface area (Å²) in [6.45, 7) is 4.10. The smallest absolute Gasteiger partial charge is 0.273 e. The van der Waals surface area contributed by atoms with Crippen LogP contribution in [0.15, 0.2) is 42.6 Å². The van der Waals surface area contributed by atoms with Gasteiger partial charge in [-0.25, -0.2) is 9.34 Å². The molecule has 2 aromatic rings. The van der Waals surface area contributed by atoms with Crippen LogP contribution in [0.4, 0.5) is 0 Å². The third-order valence-electron chi connectivity index (χ3n) is 5.51. The summed E-state index contributed by atoms with van der Waals surface area (Å²) in [4.78, 5) is 25.6. The number of para-hydroxylation sites is 1. The van der Waals surface area contributed by atoms with Crippen LogP contribution in [0.5, 0.6) is 0 Å². The Kier molecular flexibility index (Phi) is 7.01. The number of morpholine rings is 2. The largest absolute Gasteiger partial charge is 0.379 e. The third-order valence-corrected chi connectivity index (χ3v) is 10.0. The van der Waals surface area contributed by atoms with Crippen molar-refractivity contribution < 1.29 is 19.1 Å². The Morgan fingerprint density at radius 2 is 1.52 bits per heavy atom. The lowest BCUT2D eigenvalue weighted by Crippen LogP contribution is -2.48. The van der Waals surface area contributed by atoms with E-state index in [0.29, 0.717) is 69.6 Å². The van der Waals surface area contributed by atoms with Gasteiger partial charge in [-0.3, -0.25) is 14.7 Å². The minimum Gasteiger partial charge on any atom is -0.379 e. The van der Waals surface area contributed by atoms with Crippen LogP contribution in [-0.4, -0.2) is 78.2 Å². The van der Waals surface area contributed by atoms with Crippen LogP contribution >= 0.6 is 6.49 Å². The summed E-state index contributed by atoms with van der Waals surface area (Å²) in [7, 11) is 0. The minimum absolute atomic E-state index is 0.0533. The van der Waals surface area contributed by atoms with Gasteiger partial charge in [-0.1, -0.05) is 12.1 Å². The first-order valence-corrected chi connectivity index (χ1v) is 13.1. The molecular weight excluding hydrogens is 435 g/mol. The number of nitrogens with one attached hydrogen (secondary N) is 1. The van der Waals surface area contributed by atoms with Crippen LogP contribution in [0.2, 0.25) is 0 Å². The Hall–Kier alpha value is -1.87. The number of amides is 1. The zero-order chi connectivity index (χ0) is 21.8. The van der Waals surface area contributed by atoms with Crippen molar-refractivity contribution in [2.75, 3.05) is 52.6 Å². The Bertz CT molecular complexity index is 977. The number of ketones is 1. The summed E-state index contributed by atoms with van der Waals surface area (Å²) in [5, 5.41) is 3.22. The molecule has 2 saturated heterocycles. The summed E-state index contributed by atoms with van der Waals surface area (Å²) in [5.41, 5.74) is 1.69. The fourth-order valence-corrected chi connectivity index (χ4v) is 7.58. The normalized spacial score (nSPS) is 18.6. The molecule has 166 valence electrons. The first-order valence-electron chi connectivity index (χ1n) is 10.4. The molecule has 1 N–H and O–H groups in total. The predicted octanol–water partition coefficient (Wildman–Crippen LogP) is 2.30. The third kappa shape index (κ3) is 4.67. The number of hydrogen-bond acceptors (Lipinski definition) is 5.